The van der Waals surface area contributed by atoms with E-state index >= 15 is 0 Å². The van der Waals surface area contributed by atoms with Gasteiger partial charge in [0.1, 0.15) is 6.26 Å². The van der Waals surface area contributed by atoms with E-state index < -0.39 is 9.84 Å². The van der Waals surface area contributed by atoms with Crippen LogP contribution < -0.4 is 5.32 Å². The van der Waals surface area contributed by atoms with Gasteiger partial charge in [0.25, 0.3) is 5.91 Å². The van der Waals surface area contributed by atoms with Crippen molar-refractivity contribution < 1.29 is 22.4 Å². The van der Waals surface area contributed by atoms with Crippen molar-refractivity contribution in [2.45, 2.75) is 48.7 Å². The standard InChI is InChI=1S/C22H26N2O5S/c25-21(16-4-3-12-24(14-16)22(26)17-11-13-29-15-17)23-18-7-9-20(10-8-18)30(27,28)19-5-1-2-6-19/h7-11,13,15-16,19H,1-6,12,14H2,(H,23,25). The molecule has 2 aliphatic rings. The van der Waals surface area contributed by atoms with Crippen molar-refractivity contribution in [3.8, 4) is 0 Å². The number of nitrogens with one attached hydrogen (secondary N) is 1. The van der Waals surface area contributed by atoms with Crippen molar-refractivity contribution in [1.82, 2.24) is 4.90 Å². The smallest absolute Gasteiger partial charge is 0.257 e. The summed E-state index contributed by atoms with van der Waals surface area (Å²) in [7, 11) is -3.31. The highest BCUT2D eigenvalue weighted by Crippen LogP contribution is 2.30. The summed E-state index contributed by atoms with van der Waals surface area (Å²) in [6, 6.07) is 8.03. The van der Waals surface area contributed by atoms with Crippen LogP contribution in [0.3, 0.4) is 0 Å². The number of carbonyl (C=O) groups excluding carboxylic acids is 2. The van der Waals surface area contributed by atoms with Crippen LogP contribution in [0.25, 0.3) is 0 Å². The largest absolute Gasteiger partial charge is 0.472 e. The average Bonchev–Trinajstić information content (AvgIpc) is 3.48. The van der Waals surface area contributed by atoms with Gasteiger partial charge in [0.05, 0.1) is 27.9 Å². The molecule has 1 aromatic heterocycles. The summed E-state index contributed by atoms with van der Waals surface area (Å²) in [5.74, 6) is -0.606. The predicted molar refractivity (Wildman–Crippen MR) is 112 cm³/mol. The molecule has 2 amide bonds. The molecule has 160 valence electrons. The Balaban J connectivity index is 1.38. The highest BCUT2D eigenvalue weighted by molar-refractivity contribution is 7.92. The fraction of sp³-hybridized carbons (Fsp3) is 0.455. The van der Waals surface area contributed by atoms with Gasteiger partial charge in [-0.05, 0) is 56.0 Å². The zero-order chi connectivity index (χ0) is 21.1. The predicted octanol–water partition coefficient (Wildman–Crippen LogP) is 3.49. The Labute approximate surface area is 176 Å². The number of rotatable bonds is 5. The summed E-state index contributed by atoms with van der Waals surface area (Å²) in [5.41, 5.74) is 1.04. The maximum absolute atomic E-state index is 12.7. The van der Waals surface area contributed by atoms with Crippen LogP contribution in [-0.2, 0) is 14.6 Å². The van der Waals surface area contributed by atoms with Crippen LogP contribution in [0.2, 0.25) is 0 Å². The molecule has 0 bridgehead atoms. The lowest BCUT2D eigenvalue weighted by atomic mass is 9.96. The summed E-state index contributed by atoms with van der Waals surface area (Å²) in [5, 5.41) is 2.57. The van der Waals surface area contributed by atoms with Gasteiger partial charge in [0, 0.05) is 18.8 Å². The Bertz CT molecular complexity index is 993. The van der Waals surface area contributed by atoms with E-state index in [1.807, 2.05) is 0 Å². The van der Waals surface area contributed by atoms with Gasteiger partial charge >= 0.3 is 0 Å². The zero-order valence-electron chi connectivity index (χ0n) is 16.7. The molecular formula is C22H26N2O5S. The molecule has 1 unspecified atom stereocenters. The molecule has 1 saturated heterocycles. The topological polar surface area (TPSA) is 96.7 Å². The Kier molecular flexibility index (Phi) is 5.94. The first-order chi connectivity index (χ1) is 14.4. The lowest BCUT2D eigenvalue weighted by Crippen LogP contribution is -2.43. The first kappa shape index (κ1) is 20.7. The van der Waals surface area contributed by atoms with E-state index in [1.165, 1.54) is 12.5 Å². The quantitative estimate of drug-likeness (QED) is 0.783. The third-order valence-corrected chi connectivity index (χ3v) is 8.32. The van der Waals surface area contributed by atoms with E-state index in [4.69, 9.17) is 4.42 Å². The molecule has 2 aromatic rings. The summed E-state index contributed by atoms with van der Waals surface area (Å²) in [6.45, 7) is 0.964. The van der Waals surface area contributed by atoms with Gasteiger partial charge in [-0.15, -0.1) is 0 Å². The van der Waals surface area contributed by atoms with E-state index in [-0.39, 0.29) is 23.0 Å². The van der Waals surface area contributed by atoms with Crippen LogP contribution in [0.1, 0.15) is 48.9 Å². The number of piperidine rings is 1. The molecule has 0 radical (unpaired) electrons. The van der Waals surface area contributed by atoms with Crippen LogP contribution in [-0.4, -0.2) is 43.5 Å². The van der Waals surface area contributed by atoms with Gasteiger partial charge in [0.15, 0.2) is 9.84 Å². The first-order valence-corrected chi connectivity index (χ1v) is 12.0. The van der Waals surface area contributed by atoms with Gasteiger partial charge < -0.3 is 14.6 Å². The van der Waals surface area contributed by atoms with Crippen molar-refractivity contribution in [1.29, 1.82) is 0 Å². The molecule has 1 atom stereocenters. The van der Waals surface area contributed by atoms with Gasteiger partial charge in [-0.2, -0.15) is 0 Å². The number of benzene rings is 1. The fourth-order valence-corrected chi connectivity index (χ4v) is 6.16. The van der Waals surface area contributed by atoms with Crippen LogP contribution >= 0.6 is 0 Å². The molecule has 4 rings (SSSR count). The minimum atomic E-state index is -3.31. The number of likely N-dealkylation sites (tertiary alicyclic amines) is 1. The number of sulfone groups is 1. The summed E-state index contributed by atoms with van der Waals surface area (Å²) < 4.78 is 30.3. The second-order valence-corrected chi connectivity index (χ2v) is 10.3. The Hall–Kier alpha value is -2.61. The van der Waals surface area contributed by atoms with Gasteiger partial charge in [-0.3, -0.25) is 9.59 Å². The van der Waals surface area contributed by atoms with Gasteiger partial charge in [0.2, 0.25) is 5.91 Å². The van der Waals surface area contributed by atoms with Crippen LogP contribution in [0, 0.1) is 5.92 Å². The SMILES string of the molecule is O=C(Nc1ccc(S(=O)(=O)C2CCCC2)cc1)C1CCCN(C(=O)c2ccoc2)C1. The molecule has 8 heteroatoms. The molecule has 30 heavy (non-hydrogen) atoms. The minimum absolute atomic E-state index is 0.136. The minimum Gasteiger partial charge on any atom is -0.472 e. The normalized spacial score (nSPS) is 20.3. The van der Waals surface area contributed by atoms with Crippen LogP contribution in [0.4, 0.5) is 5.69 Å². The van der Waals surface area contributed by atoms with Crippen molar-refractivity contribution in [3.05, 3.63) is 48.4 Å². The van der Waals surface area contributed by atoms with Gasteiger partial charge in [-0.25, -0.2) is 8.42 Å². The van der Waals surface area contributed by atoms with E-state index in [9.17, 15) is 18.0 Å². The highest BCUT2D eigenvalue weighted by atomic mass is 32.2. The fourth-order valence-electron chi connectivity index (χ4n) is 4.31. The van der Waals surface area contributed by atoms with Crippen molar-refractivity contribution in [3.63, 3.8) is 0 Å². The third-order valence-electron chi connectivity index (χ3n) is 6.04. The van der Waals surface area contributed by atoms with E-state index in [0.29, 0.717) is 35.7 Å². The number of anilines is 1. The summed E-state index contributed by atoms with van der Waals surface area (Å²) in [6.07, 6.45) is 7.67. The van der Waals surface area contributed by atoms with Gasteiger partial charge in [-0.1, -0.05) is 12.8 Å². The molecule has 1 aromatic carbocycles. The Morgan fingerprint density at radius 3 is 2.40 bits per heavy atom. The average molecular weight is 431 g/mol. The second kappa shape index (κ2) is 8.63. The maximum Gasteiger partial charge on any atom is 0.257 e. The number of nitrogens with zero attached hydrogens (tertiary/aromatic N) is 1. The first-order valence-electron chi connectivity index (χ1n) is 10.4. The third kappa shape index (κ3) is 4.28. The van der Waals surface area contributed by atoms with E-state index in [2.05, 4.69) is 5.32 Å². The molecule has 1 saturated carbocycles. The van der Waals surface area contributed by atoms with E-state index in [1.54, 1.807) is 35.2 Å². The lowest BCUT2D eigenvalue weighted by molar-refractivity contribution is -0.121. The number of carbonyl (C=O) groups is 2. The second-order valence-electron chi connectivity index (χ2n) is 8.07. The number of amides is 2. The van der Waals surface area contributed by atoms with Crippen molar-refractivity contribution >= 4 is 27.3 Å². The molecule has 2 heterocycles. The summed E-state index contributed by atoms with van der Waals surface area (Å²) in [4.78, 5) is 27.2. The molecule has 2 fully saturated rings. The molecule has 7 nitrogen and oxygen atoms in total. The Morgan fingerprint density at radius 2 is 1.73 bits per heavy atom. The number of hydrogen-bond acceptors (Lipinski definition) is 5. The number of hydrogen-bond donors (Lipinski definition) is 1. The van der Waals surface area contributed by atoms with Crippen LogP contribution in [0.5, 0.6) is 0 Å². The molecule has 0 spiro atoms. The number of furan rings is 1. The maximum atomic E-state index is 12.7. The molecule has 1 aliphatic heterocycles. The van der Waals surface area contributed by atoms with E-state index in [0.717, 1.165) is 32.1 Å². The highest BCUT2D eigenvalue weighted by Gasteiger charge is 2.31. The van der Waals surface area contributed by atoms with Crippen LogP contribution in [0.15, 0.2) is 52.2 Å². The summed E-state index contributed by atoms with van der Waals surface area (Å²) >= 11 is 0. The molecular weight excluding hydrogens is 404 g/mol. The monoisotopic (exact) mass is 430 g/mol. The zero-order valence-corrected chi connectivity index (χ0v) is 17.6. The van der Waals surface area contributed by atoms with Crippen molar-refractivity contribution in [2.24, 2.45) is 5.92 Å². The Morgan fingerprint density at radius 1 is 1.00 bits per heavy atom. The van der Waals surface area contributed by atoms with Crippen molar-refractivity contribution in [2.75, 3.05) is 18.4 Å². The lowest BCUT2D eigenvalue weighted by Gasteiger charge is -2.31. The molecule has 1 N–H and O–H groups in total. The molecule has 1 aliphatic carbocycles.